The molecular formula is C29H60N4O3. The molecule has 7 nitrogen and oxygen atoms in total. The van der Waals surface area contributed by atoms with Gasteiger partial charge in [0.1, 0.15) is 0 Å². The van der Waals surface area contributed by atoms with E-state index >= 15 is 0 Å². The summed E-state index contributed by atoms with van der Waals surface area (Å²) in [6, 6.07) is 8.29. The van der Waals surface area contributed by atoms with E-state index in [1.807, 2.05) is 74.4 Å². The maximum atomic E-state index is 12.7. The highest BCUT2D eigenvalue weighted by Crippen LogP contribution is 2.15. The SMILES string of the molecule is CC.CC.CC.CC.CN(C)c1ccc(CN(CCCCN)C(=O)CCCCCCC(=O)NO)cc1. The van der Waals surface area contributed by atoms with Gasteiger partial charge in [0, 0.05) is 45.7 Å². The molecule has 2 amide bonds. The molecule has 0 fully saturated rings. The van der Waals surface area contributed by atoms with Crippen LogP contribution in [0.5, 0.6) is 0 Å². The van der Waals surface area contributed by atoms with E-state index in [1.165, 1.54) is 0 Å². The van der Waals surface area contributed by atoms with E-state index in [4.69, 9.17) is 10.9 Å². The maximum Gasteiger partial charge on any atom is 0.243 e. The Balaban J connectivity index is -0.000000579. The third-order valence-electron chi connectivity index (χ3n) is 4.73. The molecule has 0 spiro atoms. The van der Waals surface area contributed by atoms with Crippen molar-refractivity contribution in [3.8, 4) is 0 Å². The zero-order valence-electron chi connectivity index (χ0n) is 25.3. The highest BCUT2D eigenvalue weighted by molar-refractivity contribution is 5.76. The average Bonchev–Trinajstić information content (AvgIpc) is 2.94. The van der Waals surface area contributed by atoms with Gasteiger partial charge in [0.15, 0.2) is 0 Å². The van der Waals surface area contributed by atoms with Crippen molar-refractivity contribution in [2.75, 3.05) is 32.1 Å². The van der Waals surface area contributed by atoms with Crippen LogP contribution in [0.1, 0.15) is 112 Å². The summed E-state index contributed by atoms with van der Waals surface area (Å²) >= 11 is 0. The Morgan fingerprint density at radius 2 is 1.28 bits per heavy atom. The Hall–Kier alpha value is -2.12. The van der Waals surface area contributed by atoms with Crippen molar-refractivity contribution < 1.29 is 14.8 Å². The van der Waals surface area contributed by atoms with Crippen LogP contribution in [0.2, 0.25) is 0 Å². The van der Waals surface area contributed by atoms with Gasteiger partial charge in [-0.2, -0.15) is 0 Å². The van der Waals surface area contributed by atoms with Crippen LogP contribution >= 0.6 is 0 Å². The molecule has 36 heavy (non-hydrogen) atoms. The molecule has 0 aliphatic carbocycles. The number of nitrogens with zero attached hydrogens (tertiary/aromatic N) is 2. The summed E-state index contributed by atoms with van der Waals surface area (Å²) in [5.41, 5.74) is 9.49. The van der Waals surface area contributed by atoms with Gasteiger partial charge in [-0.05, 0) is 49.9 Å². The number of nitrogens with one attached hydrogen (secondary N) is 1. The molecule has 1 aromatic rings. The number of nitrogens with two attached hydrogens (primary N) is 1. The van der Waals surface area contributed by atoms with Gasteiger partial charge in [-0.25, -0.2) is 5.48 Å². The van der Waals surface area contributed by atoms with Crippen LogP contribution in [-0.4, -0.2) is 49.1 Å². The fraction of sp³-hybridized carbons (Fsp3) is 0.724. The Morgan fingerprint density at radius 3 is 1.72 bits per heavy atom. The van der Waals surface area contributed by atoms with E-state index in [9.17, 15) is 9.59 Å². The number of hydrogen-bond donors (Lipinski definition) is 3. The first-order valence-corrected chi connectivity index (χ1v) is 14.1. The topological polar surface area (TPSA) is 98.9 Å². The molecule has 214 valence electrons. The van der Waals surface area contributed by atoms with Gasteiger partial charge in [0.05, 0.1) is 0 Å². The number of amides is 2. The van der Waals surface area contributed by atoms with Crippen LogP contribution in [0.25, 0.3) is 0 Å². The van der Waals surface area contributed by atoms with Crippen molar-refractivity contribution in [2.45, 2.75) is 113 Å². The largest absolute Gasteiger partial charge is 0.378 e. The van der Waals surface area contributed by atoms with Gasteiger partial charge in [-0.15, -0.1) is 0 Å². The summed E-state index contributed by atoms with van der Waals surface area (Å²) < 4.78 is 0. The first kappa shape index (κ1) is 41.0. The average molecular weight is 513 g/mol. The molecule has 0 aromatic heterocycles. The van der Waals surface area contributed by atoms with E-state index in [-0.39, 0.29) is 11.8 Å². The number of hydroxylamine groups is 1. The lowest BCUT2D eigenvalue weighted by Gasteiger charge is -2.23. The molecule has 0 heterocycles. The predicted octanol–water partition coefficient (Wildman–Crippen LogP) is 6.77. The number of hydrogen-bond acceptors (Lipinski definition) is 5. The van der Waals surface area contributed by atoms with Crippen LogP contribution in [0.15, 0.2) is 24.3 Å². The third-order valence-corrected chi connectivity index (χ3v) is 4.73. The van der Waals surface area contributed by atoms with Gasteiger partial charge < -0.3 is 15.5 Å². The van der Waals surface area contributed by atoms with Crippen molar-refractivity contribution in [3.63, 3.8) is 0 Å². The number of rotatable bonds is 14. The molecule has 4 N–H and O–H groups in total. The molecule has 0 aliphatic rings. The van der Waals surface area contributed by atoms with E-state index < -0.39 is 0 Å². The fourth-order valence-electron chi connectivity index (χ4n) is 2.99. The van der Waals surface area contributed by atoms with E-state index in [0.717, 1.165) is 56.3 Å². The van der Waals surface area contributed by atoms with E-state index in [0.29, 0.717) is 25.9 Å². The predicted molar refractivity (Wildman–Crippen MR) is 157 cm³/mol. The molecule has 7 heteroatoms. The van der Waals surface area contributed by atoms with Gasteiger partial charge in [-0.3, -0.25) is 14.8 Å². The maximum absolute atomic E-state index is 12.7. The van der Waals surface area contributed by atoms with Crippen molar-refractivity contribution >= 4 is 17.5 Å². The van der Waals surface area contributed by atoms with Crippen LogP contribution in [0.4, 0.5) is 5.69 Å². The summed E-state index contributed by atoms with van der Waals surface area (Å²) in [5.74, 6) is -0.191. The summed E-state index contributed by atoms with van der Waals surface area (Å²) in [5, 5.41) is 8.46. The first-order valence-electron chi connectivity index (χ1n) is 14.1. The number of anilines is 1. The molecule has 1 aromatic carbocycles. The molecule has 0 aliphatic heterocycles. The third kappa shape index (κ3) is 23.6. The van der Waals surface area contributed by atoms with E-state index in [1.54, 1.807) is 5.48 Å². The van der Waals surface area contributed by atoms with Crippen LogP contribution in [0.3, 0.4) is 0 Å². The summed E-state index contributed by atoms with van der Waals surface area (Å²) in [7, 11) is 4.02. The van der Waals surface area contributed by atoms with Crippen LogP contribution in [-0.2, 0) is 16.1 Å². The Labute approximate surface area is 223 Å². The summed E-state index contributed by atoms with van der Waals surface area (Å²) in [6.45, 7) is 18.0. The molecular weight excluding hydrogens is 452 g/mol. The smallest absolute Gasteiger partial charge is 0.243 e. The first-order chi connectivity index (χ1) is 17.5. The zero-order valence-corrected chi connectivity index (χ0v) is 25.3. The number of carbonyl (C=O) groups is 2. The van der Waals surface area contributed by atoms with Gasteiger partial charge in [-0.1, -0.05) is 80.4 Å². The Morgan fingerprint density at radius 1 is 0.778 bits per heavy atom. The minimum absolute atomic E-state index is 0.168. The standard InChI is InChI=1S/C21H36N4O3.4C2H6/c1-24(2)19-13-11-18(12-14-19)17-25(16-8-7-15-22)21(27)10-6-4-3-5-9-20(26)23-28;4*1-2/h11-14,28H,3-10,15-17,22H2,1-2H3,(H,23,26);4*1-2H3. The minimum atomic E-state index is -0.359. The minimum Gasteiger partial charge on any atom is -0.378 e. The number of benzene rings is 1. The molecule has 0 saturated heterocycles. The lowest BCUT2D eigenvalue weighted by Crippen LogP contribution is -2.31. The lowest BCUT2D eigenvalue weighted by atomic mass is 10.1. The second kappa shape index (κ2) is 32.9. The highest BCUT2D eigenvalue weighted by Gasteiger charge is 2.13. The summed E-state index contributed by atoms with van der Waals surface area (Å²) in [4.78, 5) is 27.6. The molecule has 0 atom stereocenters. The van der Waals surface area contributed by atoms with Gasteiger partial charge in [0.25, 0.3) is 0 Å². The number of unbranched alkanes of at least 4 members (excludes halogenated alkanes) is 4. The van der Waals surface area contributed by atoms with Crippen molar-refractivity contribution in [2.24, 2.45) is 5.73 Å². The van der Waals surface area contributed by atoms with Crippen molar-refractivity contribution in [3.05, 3.63) is 29.8 Å². The summed E-state index contributed by atoms with van der Waals surface area (Å²) in [6.07, 6.45) is 5.97. The fourth-order valence-corrected chi connectivity index (χ4v) is 2.99. The Kier molecular flexibility index (Phi) is 37.5. The molecule has 1 rings (SSSR count). The van der Waals surface area contributed by atoms with Crippen molar-refractivity contribution in [1.82, 2.24) is 10.4 Å². The molecule has 0 unspecified atom stereocenters. The quantitative estimate of drug-likeness (QED) is 0.145. The number of carbonyl (C=O) groups excluding carboxylic acids is 2. The van der Waals surface area contributed by atoms with Crippen LogP contribution in [0, 0.1) is 0 Å². The molecule has 0 saturated carbocycles. The molecule has 0 radical (unpaired) electrons. The van der Waals surface area contributed by atoms with Crippen molar-refractivity contribution in [1.29, 1.82) is 0 Å². The van der Waals surface area contributed by atoms with E-state index in [2.05, 4.69) is 29.2 Å². The monoisotopic (exact) mass is 512 g/mol. The lowest BCUT2D eigenvalue weighted by molar-refractivity contribution is -0.132. The van der Waals surface area contributed by atoms with Gasteiger partial charge in [0.2, 0.25) is 11.8 Å². The second-order valence-electron chi connectivity index (χ2n) is 7.32. The zero-order chi connectivity index (χ0) is 28.8. The van der Waals surface area contributed by atoms with Crippen LogP contribution < -0.4 is 16.1 Å². The second-order valence-corrected chi connectivity index (χ2v) is 7.32. The normalized spacial score (nSPS) is 8.89. The highest BCUT2D eigenvalue weighted by atomic mass is 16.5. The Bertz CT molecular complexity index is 578. The molecule has 0 bridgehead atoms. The van der Waals surface area contributed by atoms with Gasteiger partial charge >= 0.3 is 0 Å².